The molecule has 1 aromatic carbocycles. The molecule has 9 heteroatoms. The lowest BCUT2D eigenvalue weighted by atomic mass is 9.74. The number of ether oxygens (including phenoxy) is 2. The first-order valence-corrected chi connectivity index (χ1v) is 9.83. The number of fused-ring (bicyclic) bond motifs is 1. The van der Waals surface area contributed by atoms with E-state index in [0.29, 0.717) is 5.06 Å². The van der Waals surface area contributed by atoms with Gasteiger partial charge in [0.2, 0.25) is 0 Å². The molecule has 1 fully saturated rings. The molecule has 0 spiro atoms. The van der Waals surface area contributed by atoms with E-state index >= 15 is 0 Å². The molecule has 2 heterocycles. The van der Waals surface area contributed by atoms with Crippen LogP contribution in [0.3, 0.4) is 0 Å². The van der Waals surface area contributed by atoms with Gasteiger partial charge in [-0.25, -0.2) is 9.59 Å². The minimum atomic E-state index is -1.18. The second-order valence-electron chi connectivity index (χ2n) is 8.47. The Morgan fingerprint density at radius 2 is 1.63 bits per heavy atom. The lowest BCUT2D eigenvalue weighted by Gasteiger charge is -2.40. The molecule has 3 amide bonds. The van der Waals surface area contributed by atoms with Gasteiger partial charge in [0, 0.05) is 19.3 Å². The van der Waals surface area contributed by atoms with Crippen LogP contribution in [0.1, 0.15) is 61.3 Å². The lowest BCUT2D eigenvalue weighted by molar-refractivity contribution is -0.189. The Morgan fingerprint density at radius 3 is 2.13 bits per heavy atom. The van der Waals surface area contributed by atoms with Gasteiger partial charge in [0.15, 0.2) is 0 Å². The highest BCUT2D eigenvalue weighted by Gasteiger charge is 2.50. The summed E-state index contributed by atoms with van der Waals surface area (Å²) in [7, 11) is 0. The SMILES string of the molecule is CC(NC(=O)OC(C)(C)C)C1(C(=O)ON2C(=O)c3ccccc3C2=O)CCOCC1. The van der Waals surface area contributed by atoms with Crippen LogP contribution >= 0.6 is 0 Å². The van der Waals surface area contributed by atoms with Crippen molar-refractivity contribution in [1.29, 1.82) is 0 Å². The molecule has 9 nitrogen and oxygen atoms in total. The molecule has 3 rings (SSSR count). The molecule has 1 aromatic rings. The van der Waals surface area contributed by atoms with Crippen LogP contribution in [0.15, 0.2) is 24.3 Å². The molecule has 1 saturated heterocycles. The molecular weight excluding hydrogens is 392 g/mol. The molecule has 1 atom stereocenters. The van der Waals surface area contributed by atoms with E-state index in [1.165, 1.54) is 12.1 Å². The van der Waals surface area contributed by atoms with Crippen molar-refractivity contribution in [3.63, 3.8) is 0 Å². The highest BCUT2D eigenvalue weighted by Crippen LogP contribution is 2.37. The van der Waals surface area contributed by atoms with Crippen LogP contribution in [0.5, 0.6) is 0 Å². The van der Waals surface area contributed by atoms with Crippen molar-refractivity contribution in [2.75, 3.05) is 13.2 Å². The summed E-state index contributed by atoms with van der Waals surface area (Å²) in [6, 6.07) is 5.57. The van der Waals surface area contributed by atoms with Crippen LogP contribution in [-0.4, -0.2) is 53.8 Å². The summed E-state index contributed by atoms with van der Waals surface area (Å²) in [5.74, 6) is -2.17. The Balaban J connectivity index is 1.78. The molecule has 2 aliphatic rings. The lowest BCUT2D eigenvalue weighted by Crippen LogP contribution is -2.55. The number of hydroxylamine groups is 2. The first kappa shape index (κ1) is 21.8. The highest BCUT2D eigenvalue weighted by atomic mass is 16.7. The molecule has 0 bridgehead atoms. The Bertz CT molecular complexity index is 833. The largest absolute Gasteiger partial charge is 0.444 e. The van der Waals surface area contributed by atoms with E-state index in [4.69, 9.17) is 14.3 Å². The fourth-order valence-corrected chi connectivity index (χ4v) is 3.60. The number of nitrogens with one attached hydrogen (secondary N) is 1. The molecule has 162 valence electrons. The topological polar surface area (TPSA) is 111 Å². The Kier molecular flexibility index (Phi) is 5.85. The van der Waals surface area contributed by atoms with Crippen molar-refractivity contribution in [2.24, 2.45) is 5.41 Å². The van der Waals surface area contributed by atoms with Gasteiger partial charge in [-0.05, 0) is 52.7 Å². The third kappa shape index (κ3) is 4.16. The maximum atomic E-state index is 13.2. The predicted octanol–water partition coefficient (Wildman–Crippen LogP) is 2.45. The number of hydrogen-bond acceptors (Lipinski definition) is 7. The zero-order valence-corrected chi connectivity index (χ0v) is 17.5. The minimum Gasteiger partial charge on any atom is -0.444 e. The molecular formula is C21H26N2O7. The Labute approximate surface area is 174 Å². The van der Waals surface area contributed by atoms with Crippen molar-refractivity contribution in [1.82, 2.24) is 10.4 Å². The predicted molar refractivity (Wildman–Crippen MR) is 104 cm³/mol. The fourth-order valence-electron chi connectivity index (χ4n) is 3.60. The van der Waals surface area contributed by atoms with Crippen molar-refractivity contribution in [3.05, 3.63) is 35.4 Å². The summed E-state index contributed by atoms with van der Waals surface area (Å²) in [5.41, 5.74) is -1.52. The van der Waals surface area contributed by atoms with E-state index in [-0.39, 0.29) is 37.2 Å². The normalized spacial score (nSPS) is 19.1. The Hall–Kier alpha value is -2.94. The average Bonchev–Trinajstić information content (AvgIpc) is 2.92. The number of benzene rings is 1. The van der Waals surface area contributed by atoms with E-state index in [9.17, 15) is 19.2 Å². The number of rotatable bonds is 4. The molecule has 0 radical (unpaired) electrons. The maximum Gasteiger partial charge on any atom is 0.407 e. The van der Waals surface area contributed by atoms with Gasteiger partial charge >= 0.3 is 12.1 Å². The standard InChI is InChI=1S/C21H26N2O7/c1-13(22-19(27)29-20(2,3)4)21(9-11-28-12-10-21)18(26)30-23-16(24)14-7-5-6-8-15(14)17(23)25/h5-8,13H,9-12H2,1-4H3,(H,22,27). The number of hydrogen-bond donors (Lipinski definition) is 1. The zero-order chi connectivity index (χ0) is 22.1. The third-order valence-electron chi connectivity index (χ3n) is 5.28. The van der Waals surface area contributed by atoms with Gasteiger partial charge in [0.05, 0.1) is 16.5 Å². The van der Waals surface area contributed by atoms with Crippen LogP contribution in [0.4, 0.5) is 4.79 Å². The Morgan fingerprint density at radius 1 is 1.10 bits per heavy atom. The maximum absolute atomic E-state index is 13.2. The van der Waals surface area contributed by atoms with Gasteiger partial charge in [-0.2, -0.15) is 0 Å². The van der Waals surface area contributed by atoms with Gasteiger partial charge in [-0.3, -0.25) is 9.59 Å². The van der Waals surface area contributed by atoms with Crippen LogP contribution in [0, 0.1) is 5.41 Å². The van der Waals surface area contributed by atoms with Crippen molar-refractivity contribution >= 4 is 23.9 Å². The van der Waals surface area contributed by atoms with E-state index in [1.54, 1.807) is 39.8 Å². The van der Waals surface area contributed by atoms with Crippen LogP contribution in [0.25, 0.3) is 0 Å². The summed E-state index contributed by atoms with van der Waals surface area (Å²) in [6.45, 7) is 7.42. The molecule has 1 N–H and O–H groups in total. The quantitative estimate of drug-likeness (QED) is 0.748. The molecule has 0 aliphatic carbocycles. The number of carbonyl (C=O) groups is 4. The van der Waals surface area contributed by atoms with Crippen LogP contribution in [0.2, 0.25) is 0 Å². The molecule has 1 unspecified atom stereocenters. The number of carbonyl (C=O) groups excluding carboxylic acids is 4. The zero-order valence-electron chi connectivity index (χ0n) is 17.5. The number of alkyl carbamates (subject to hydrolysis) is 1. The summed E-state index contributed by atoms with van der Waals surface area (Å²) >= 11 is 0. The first-order valence-electron chi connectivity index (χ1n) is 9.83. The molecule has 0 saturated carbocycles. The molecule has 0 aromatic heterocycles. The van der Waals surface area contributed by atoms with E-state index in [2.05, 4.69) is 5.32 Å². The fraction of sp³-hybridized carbons (Fsp3) is 0.524. The van der Waals surface area contributed by atoms with Crippen molar-refractivity contribution in [2.45, 2.75) is 52.2 Å². The van der Waals surface area contributed by atoms with Gasteiger partial charge in [-0.15, -0.1) is 0 Å². The number of imide groups is 1. The second kappa shape index (κ2) is 8.06. The molecule has 2 aliphatic heterocycles. The first-order chi connectivity index (χ1) is 14.0. The van der Waals surface area contributed by atoms with Gasteiger partial charge < -0.3 is 19.6 Å². The highest BCUT2D eigenvalue weighted by molar-refractivity contribution is 6.20. The van der Waals surface area contributed by atoms with E-state index in [0.717, 1.165) is 0 Å². The summed E-state index contributed by atoms with van der Waals surface area (Å²) in [5, 5.41) is 3.18. The van der Waals surface area contributed by atoms with Gasteiger partial charge in [0.25, 0.3) is 11.8 Å². The molecule has 30 heavy (non-hydrogen) atoms. The number of amides is 3. The third-order valence-corrected chi connectivity index (χ3v) is 5.28. The average molecular weight is 418 g/mol. The monoisotopic (exact) mass is 418 g/mol. The van der Waals surface area contributed by atoms with E-state index in [1.807, 2.05) is 0 Å². The number of nitrogens with zero attached hydrogens (tertiary/aromatic N) is 1. The summed E-state index contributed by atoms with van der Waals surface area (Å²) in [4.78, 5) is 55.9. The van der Waals surface area contributed by atoms with Crippen molar-refractivity contribution in [3.8, 4) is 0 Å². The second-order valence-corrected chi connectivity index (χ2v) is 8.47. The van der Waals surface area contributed by atoms with Crippen LogP contribution in [-0.2, 0) is 19.1 Å². The van der Waals surface area contributed by atoms with Crippen molar-refractivity contribution < 1.29 is 33.5 Å². The van der Waals surface area contributed by atoms with E-state index < -0.39 is 40.9 Å². The van der Waals surface area contributed by atoms with Gasteiger partial charge in [-0.1, -0.05) is 17.2 Å². The minimum absolute atomic E-state index is 0.177. The van der Waals surface area contributed by atoms with Gasteiger partial charge in [0.1, 0.15) is 5.60 Å². The summed E-state index contributed by atoms with van der Waals surface area (Å²) in [6.07, 6.45) is -0.160. The smallest absolute Gasteiger partial charge is 0.407 e. The summed E-state index contributed by atoms with van der Waals surface area (Å²) < 4.78 is 10.7. The van der Waals surface area contributed by atoms with Crippen LogP contribution < -0.4 is 5.32 Å².